The zero-order valence-corrected chi connectivity index (χ0v) is 17.1. The lowest BCUT2D eigenvalue weighted by Gasteiger charge is -2.11. The summed E-state index contributed by atoms with van der Waals surface area (Å²) in [5.41, 5.74) is 1.55. The Kier molecular flexibility index (Phi) is 7.83. The van der Waals surface area contributed by atoms with Gasteiger partial charge in [-0.15, -0.1) is 0 Å². The predicted octanol–water partition coefficient (Wildman–Crippen LogP) is 4.02. The molecule has 0 spiro atoms. The van der Waals surface area contributed by atoms with E-state index in [4.69, 9.17) is 26.4 Å². The van der Waals surface area contributed by atoms with Crippen LogP contribution in [0.5, 0.6) is 17.2 Å². The van der Waals surface area contributed by atoms with Crippen molar-refractivity contribution in [3.8, 4) is 17.2 Å². The fraction of sp³-hybridized carbons (Fsp3) is 0.238. The Morgan fingerprint density at radius 1 is 1.04 bits per heavy atom. The summed E-state index contributed by atoms with van der Waals surface area (Å²) in [6.07, 6.45) is 3.17. The summed E-state index contributed by atoms with van der Waals surface area (Å²) >= 11 is 5.17. The van der Waals surface area contributed by atoms with Gasteiger partial charge in [-0.25, -0.2) is 0 Å². The highest BCUT2D eigenvalue weighted by Gasteiger charge is 2.05. The molecule has 1 amide bonds. The van der Waals surface area contributed by atoms with Crippen LogP contribution in [0, 0.1) is 0 Å². The molecule has 0 atom stereocenters. The first kappa shape index (κ1) is 21.2. The van der Waals surface area contributed by atoms with E-state index in [2.05, 4.69) is 10.6 Å². The van der Waals surface area contributed by atoms with Gasteiger partial charge in [-0.2, -0.15) is 0 Å². The van der Waals surface area contributed by atoms with Gasteiger partial charge in [0.15, 0.2) is 16.6 Å². The van der Waals surface area contributed by atoms with E-state index in [1.54, 1.807) is 32.4 Å². The summed E-state index contributed by atoms with van der Waals surface area (Å²) in [4.78, 5) is 12.1. The smallest absolute Gasteiger partial charge is 0.250 e. The maximum Gasteiger partial charge on any atom is 0.250 e. The molecule has 0 radical (unpaired) electrons. The molecule has 2 N–H and O–H groups in total. The van der Waals surface area contributed by atoms with Crippen molar-refractivity contribution in [1.29, 1.82) is 0 Å². The van der Waals surface area contributed by atoms with Gasteiger partial charge < -0.3 is 19.5 Å². The SMILES string of the molecule is COc1ccc(/C=C/C(=O)NC(=S)Nc2ccc(OC(C)C)cc2)cc1OC. The first-order valence-corrected chi connectivity index (χ1v) is 9.11. The molecule has 0 heterocycles. The lowest BCUT2D eigenvalue weighted by Crippen LogP contribution is -2.32. The second-order valence-corrected chi connectivity index (χ2v) is 6.49. The van der Waals surface area contributed by atoms with E-state index in [0.29, 0.717) is 11.5 Å². The van der Waals surface area contributed by atoms with Crippen LogP contribution in [0.15, 0.2) is 48.5 Å². The number of ether oxygens (including phenoxy) is 3. The van der Waals surface area contributed by atoms with Crippen molar-refractivity contribution in [2.24, 2.45) is 0 Å². The Balaban J connectivity index is 1.90. The average molecular weight is 401 g/mol. The molecular formula is C21H24N2O4S. The first-order chi connectivity index (χ1) is 13.4. The number of carbonyl (C=O) groups is 1. The molecular weight excluding hydrogens is 376 g/mol. The maximum absolute atomic E-state index is 12.1. The van der Waals surface area contributed by atoms with Crippen molar-refractivity contribution in [3.63, 3.8) is 0 Å². The fourth-order valence-electron chi connectivity index (χ4n) is 2.33. The summed E-state index contributed by atoms with van der Waals surface area (Å²) in [6, 6.07) is 12.7. The zero-order chi connectivity index (χ0) is 20.5. The van der Waals surface area contributed by atoms with E-state index in [0.717, 1.165) is 17.0 Å². The lowest BCUT2D eigenvalue weighted by molar-refractivity contribution is -0.115. The molecule has 0 saturated carbocycles. The minimum absolute atomic E-state index is 0.108. The lowest BCUT2D eigenvalue weighted by atomic mass is 10.2. The molecule has 0 aliphatic heterocycles. The number of thiocarbonyl (C=S) groups is 1. The van der Waals surface area contributed by atoms with Crippen LogP contribution in [0.25, 0.3) is 6.08 Å². The molecule has 0 aliphatic rings. The molecule has 2 aromatic carbocycles. The Hall–Kier alpha value is -3.06. The Bertz CT molecular complexity index is 848. The van der Waals surface area contributed by atoms with E-state index in [9.17, 15) is 4.79 Å². The molecule has 0 aromatic heterocycles. The highest BCUT2D eigenvalue weighted by Crippen LogP contribution is 2.27. The number of amides is 1. The largest absolute Gasteiger partial charge is 0.493 e. The molecule has 2 rings (SSSR count). The third-order valence-corrected chi connectivity index (χ3v) is 3.76. The highest BCUT2D eigenvalue weighted by atomic mass is 32.1. The first-order valence-electron chi connectivity index (χ1n) is 8.70. The summed E-state index contributed by atoms with van der Waals surface area (Å²) in [5, 5.41) is 5.77. The van der Waals surface area contributed by atoms with Crippen molar-refractivity contribution < 1.29 is 19.0 Å². The number of methoxy groups -OCH3 is 2. The van der Waals surface area contributed by atoms with Crippen LogP contribution in [0.4, 0.5) is 5.69 Å². The van der Waals surface area contributed by atoms with Crippen molar-refractivity contribution in [2.75, 3.05) is 19.5 Å². The Morgan fingerprint density at radius 2 is 1.71 bits per heavy atom. The van der Waals surface area contributed by atoms with Gasteiger partial charge in [0.2, 0.25) is 5.91 Å². The summed E-state index contributed by atoms with van der Waals surface area (Å²) in [5.74, 6) is 1.65. The van der Waals surface area contributed by atoms with Crippen LogP contribution in [0.2, 0.25) is 0 Å². The molecule has 0 saturated heterocycles. The third-order valence-electron chi connectivity index (χ3n) is 3.56. The van der Waals surface area contributed by atoms with Crippen molar-refractivity contribution in [3.05, 3.63) is 54.1 Å². The van der Waals surface area contributed by atoms with Gasteiger partial charge in [-0.3, -0.25) is 10.1 Å². The van der Waals surface area contributed by atoms with E-state index >= 15 is 0 Å². The molecule has 148 valence electrons. The molecule has 0 unspecified atom stereocenters. The number of hydrogen-bond donors (Lipinski definition) is 2. The van der Waals surface area contributed by atoms with Crippen LogP contribution in [-0.4, -0.2) is 31.3 Å². The predicted molar refractivity (Wildman–Crippen MR) is 115 cm³/mol. The van der Waals surface area contributed by atoms with Crippen molar-refractivity contribution >= 4 is 35.0 Å². The minimum atomic E-state index is -0.341. The average Bonchev–Trinajstić information content (AvgIpc) is 2.67. The fourth-order valence-corrected chi connectivity index (χ4v) is 2.55. The topological polar surface area (TPSA) is 68.8 Å². The van der Waals surface area contributed by atoms with Gasteiger partial charge in [-0.05, 0) is 74.1 Å². The van der Waals surface area contributed by atoms with Crippen molar-refractivity contribution in [2.45, 2.75) is 20.0 Å². The number of anilines is 1. The van der Waals surface area contributed by atoms with Gasteiger partial charge in [-0.1, -0.05) is 6.07 Å². The third kappa shape index (κ3) is 6.59. The molecule has 7 heteroatoms. The van der Waals surface area contributed by atoms with Gasteiger partial charge in [0.05, 0.1) is 20.3 Å². The summed E-state index contributed by atoms with van der Waals surface area (Å²) in [7, 11) is 3.13. The second kappa shape index (κ2) is 10.3. The monoisotopic (exact) mass is 400 g/mol. The Labute approximate surface area is 170 Å². The van der Waals surface area contributed by atoms with E-state index in [-0.39, 0.29) is 17.1 Å². The summed E-state index contributed by atoms with van der Waals surface area (Å²) in [6.45, 7) is 3.93. The van der Waals surface area contributed by atoms with Gasteiger partial charge in [0.1, 0.15) is 5.75 Å². The number of benzene rings is 2. The number of carbonyl (C=O) groups excluding carboxylic acids is 1. The van der Waals surface area contributed by atoms with Crippen LogP contribution in [-0.2, 0) is 4.79 Å². The van der Waals surface area contributed by atoms with E-state index in [1.807, 2.05) is 44.2 Å². The number of rotatable bonds is 7. The number of hydrogen-bond acceptors (Lipinski definition) is 5. The summed E-state index contributed by atoms with van der Waals surface area (Å²) < 4.78 is 16.0. The van der Waals surface area contributed by atoms with E-state index < -0.39 is 0 Å². The molecule has 2 aromatic rings. The second-order valence-electron chi connectivity index (χ2n) is 6.08. The minimum Gasteiger partial charge on any atom is -0.493 e. The standard InChI is InChI=1S/C21H24N2O4S/c1-14(2)27-17-9-7-16(8-10-17)22-21(28)23-20(24)12-6-15-5-11-18(25-3)19(13-15)26-4/h5-14H,1-4H3,(H2,22,23,24,28)/b12-6+. The molecule has 0 fully saturated rings. The van der Waals surface area contributed by atoms with Gasteiger partial charge in [0.25, 0.3) is 0 Å². The van der Waals surface area contributed by atoms with Crippen LogP contribution in [0.3, 0.4) is 0 Å². The van der Waals surface area contributed by atoms with Crippen LogP contribution < -0.4 is 24.8 Å². The molecule has 28 heavy (non-hydrogen) atoms. The highest BCUT2D eigenvalue weighted by molar-refractivity contribution is 7.80. The Morgan fingerprint density at radius 3 is 2.32 bits per heavy atom. The van der Waals surface area contributed by atoms with E-state index in [1.165, 1.54) is 6.08 Å². The van der Waals surface area contributed by atoms with Gasteiger partial charge in [0, 0.05) is 11.8 Å². The molecule has 0 bridgehead atoms. The number of nitrogens with one attached hydrogen (secondary N) is 2. The normalized spacial score (nSPS) is 10.6. The quantitative estimate of drug-likeness (QED) is 0.541. The van der Waals surface area contributed by atoms with Crippen LogP contribution >= 0.6 is 12.2 Å². The maximum atomic E-state index is 12.1. The zero-order valence-electron chi connectivity index (χ0n) is 16.3. The van der Waals surface area contributed by atoms with Gasteiger partial charge >= 0.3 is 0 Å². The molecule has 0 aliphatic carbocycles. The van der Waals surface area contributed by atoms with Crippen LogP contribution in [0.1, 0.15) is 19.4 Å². The van der Waals surface area contributed by atoms with Crippen molar-refractivity contribution in [1.82, 2.24) is 5.32 Å². The molecule has 6 nitrogen and oxygen atoms in total.